The van der Waals surface area contributed by atoms with E-state index >= 15 is 0 Å². The van der Waals surface area contributed by atoms with Crippen molar-refractivity contribution in [2.45, 2.75) is 32.4 Å². The van der Waals surface area contributed by atoms with Gasteiger partial charge in [-0.1, -0.05) is 6.92 Å². The highest BCUT2D eigenvalue weighted by Gasteiger charge is 2.32. The average Bonchev–Trinajstić information content (AvgIpc) is 2.66. The lowest BCUT2D eigenvalue weighted by molar-refractivity contribution is 0.139. The van der Waals surface area contributed by atoms with Crippen LogP contribution in [0.3, 0.4) is 0 Å². The maximum absolute atomic E-state index is 3.57. The highest BCUT2D eigenvalue weighted by Crippen LogP contribution is 2.30. The van der Waals surface area contributed by atoms with Crippen molar-refractivity contribution in [1.82, 2.24) is 10.2 Å². The van der Waals surface area contributed by atoms with Crippen LogP contribution in [0.5, 0.6) is 0 Å². The molecule has 15 heavy (non-hydrogen) atoms. The number of hydrogen-bond donors (Lipinski definition) is 1. The van der Waals surface area contributed by atoms with E-state index in [2.05, 4.69) is 61.9 Å². The lowest BCUT2D eigenvalue weighted by Gasteiger charge is -2.40. The molecular formula is C12H22N2S. The maximum Gasteiger partial charge on any atom is 0.0509 e. The smallest absolute Gasteiger partial charge is 0.0509 e. The van der Waals surface area contributed by atoms with E-state index in [9.17, 15) is 0 Å². The van der Waals surface area contributed by atoms with Gasteiger partial charge in [-0.05, 0) is 56.9 Å². The van der Waals surface area contributed by atoms with Crippen LogP contribution in [0.15, 0.2) is 16.8 Å². The first-order chi connectivity index (χ1) is 7.00. The van der Waals surface area contributed by atoms with Crippen molar-refractivity contribution >= 4 is 11.3 Å². The van der Waals surface area contributed by atoms with Crippen LogP contribution in [0.1, 0.15) is 32.4 Å². The number of hydrogen-bond acceptors (Lipinski definition) is 3. The molecule has 1 atom stereocenters. The van der Waals surface area contributed by atoms with E-state index in [0.717, 1.165) is 6.54 Å². The lowest BCUT2D eigenvalue weighted by Crippen LogP contribution is -2.49. The normalized spacial score (nSPS) is 14.5. The molecule has 0 aliphatic carbocycles. The molecule has 1 rings (SSSR count). The summed E-state index contributed by atoms with van der Waals surface area (Å²) in [7, 11) is 4.27. The fraction of sp³-hybridized carbons (Fsp3) is 0.667. The minimum Gasteiger partial charge on any atom is -0.309 e. The third-order valence-electron chi connectivity index (χ3n) is 3.14. The molecule has 0 spiro atoms. The number of nitrogens with one attached hydrogen (secondary N) is 1. The zero-order valence-electron chi connectivity index (χ0n) is 10.4. The fourth-order valence-electron chi connectivity index (χ4n) is 1.68. The van der Waals surface area contributed by atoms with Crippen LogP contribution >= 0.6 is 11.3 Å². The first-order valence-electron chi connectivity index (χ1n) is 5.43. The second-order valence-corrected chi connectivity index (χ2v) is 5.38. The molecule has 86 valence electrons. The molecule has 0 aliphatic heterocycles. The van der Waals surface area contributed by atoms with E-state index < -0.39 is 0 Å². The van der Waals surface area contributed by atoms with Gasteiger partial charge < -0.3 is 10.2 Å². The number of likely N-dealkylation sites (N-methyl/N-ethyl adjacent to an activating group) is 2. The standard InChI is InChI=1S/C12H22N2S/c1-6-13-11(10-7-8-15-9-10)12(2,3)14(4)5/h7-9,11,13H,6H2,1-5H3. The molecule has 0 saturated heterocycles. The Morgan fingerprint density at radius 1 is 1.47 bits per heavy atom. The Bertz CT molecular complexity index is 278. The molecule has 0 amide bonds. The van der Waals surface area contributed by atoms with Crippen molar-refractivity contribution < 1.29 is 0 Å². The SMILES string of the molecule is CCNC(c1ccsc1)C(C)(C)N(C)C. The number of rotatable bonds is 5. The summed E-state index contributed by atoms with van der Waals surface area (Å²) in [6, 6.07) is 2.60. The van der Waals surface area contributed by atoms with Gasteiger partial charge in [-0.2, -0.15) is 11.3 Å². The second kappa shape index (κ2) is 5.10. The largest absolute Gasteiger partial charge is 0.309 e. The van der Waals surface area contributed by atoms with E-state index in [1.54, 1.807) is 11.3 Å². The van der Waals surface area contributed by atoms with Gasteiger partial charge in [0.2, 0.25) is 0 Å². The molecular weight excluding hydrogens is 204 g/mol. The summed E-state index contributed by atoms with van der Waals surface area (Å²) in [5.74, 6) is 0. The van der Waals surface area contributed by atoms with Crippen LogP contribution in [-0.4, -0.2) is 31.1 Å². The first-order valence-corrected chi connectivity index (χ1v) is 6.37. The highest BCUT2D eigenvalue weighted by atomic mass is 32.1. The molecule has 0 fully saturated rings. The van der Waals surface area contributed by atoms with Gasteiger partial charge in [-0.15, -0.1) is 0 Å². The van der Waals surface area contributed by atoms with Gasteiger partial charge in [-0.25, -0.2) is 0 Å². The predicted octanol–water partition coefficient (Wildman–Crippen LogP) is 2.74. The van der Waals surface area contributed by atoms with E-state index in [4.69, 9.17) is 0 Å². The summed E-state index contributed by atoms with van der Waals surface area (Å²) in [5, 5.41) is 7.95. The zero-order valence-corrected chi connectivity index (χ0v) is 11.2. The second-order valence-electron chi connectivity index (χ2n) is 4.60. The minimum absolute atomic E-state index is 0.122. The molecule has 0 radical (unpaired) electrons. The predicted molar refractivity (Wildman–Crippen MR) is 68.5 cm³/mol. The summed E-state index contributed by atoms with van der Waals surface area (Å²) in [6.07, 6.45) is 0. The Kier molecular flexibility index (Phi) is 4.32. The molecule has 1 aromatic rings. The van der Waals surface area contributed by atoms with E-state index in [0.29, 0.717) is 6.04 Å². The molecule has 0 aromatic carbocycles. The summed E-state index contributed by atoms with van der Waals surface area (Å²) < 4.78 is 0. The molecule has 1 heterocycles. The van der Waals surface area contributed by atoms with Crippen molar-refractivity contribution in [2.75, 3.05) is 20.6 Å². The summed E-state index contributed by atoms with van der Waals surface area (Å²) in [5.41, 5.74) is 1.51. The van der Waals surface area contributed by atoms with Gasteiger partial charge >= 0.3 is 0 Å². The molecule has 1 aromatic heterocycles. The third kappa shape index (κ3) is 2.80. The van der Waals surface area contributed by atoms with Crippen LogP contribution in [0.25, 0.3) is 0 Å². The Morgan fingerprint density at radius 3 is 2.53 bits per heavy atom. The van der Waals surface area contributed by atoms with Crippen LogP contribution in [-0.2, 0) is 0 Å². The Labute approximate surface area is 97.3 Å². The van der Waals surface area contributed by atoms with Gasteiger partial charge in [0, 0.05) is 5.54 Å². The number of thiophene rings is 1. The summed E-state index contributed by atoms with van der Waals surface area (Å²) in [4.78, 5) is 2.28. The Balaban J connectivity index is 2.92. The Morgan fingerprint density at radius 2 is 2.13 bits per heavy atom. The molecule has 0 bridgehead atoms. The molecule has 0 aliphatic rings. The van der Waals surface area contributed by atoms with Gasteiger partial charge in [0.25, 0.3) is 0 Å². The molecule has 2 nitrogen and oxygen atoms in total. The van der Waals surface area contributed by atoms with Gasteiger partial charge in [0.05, 0.1) is 6.04 Å². The third-order valence-corrected chi connectivity index (χ3v) is 3.85. The van der Waals surface area contributed by atoms with Gasteiger partial charge in [0.1, 0.15) is 0 Å². The fourth-order valence-corrected chi connectivity index (χ4v) is 2.36. The summed E-state index contributed by atoms with van der Waals surface area (Å²) in [6.45, 7) is 7.71. The molecule has 1 N–H and O–H groups in total. The van der Waals surface area contributed by atoms with Crippen molar-refractivity contribution in [2.24, 2.45) is 0 Å². The molecule has 0 saturated carbocycles. The molecule has 3 heteroatoms. The van der Waals surface area contributed by atoms with Gasteiger partial charge in [-0.3, -0.25) is 0 Å². The van der Waals surface area contributed by atoms with Crippen LogP contribution in [0, 0.1) is 0 Å². The minimum atomic E-state index is 0.122. The molecule has 1 unspecified atom stereocenters. The monoisotopic (exact) mass is 226 g/mol. The zero-order chi connectivity index (χ0) is 11.5. The topological polar surface area (TPSA) is 15.3 Å². The van der Waals surface area contributed by atoms with E-state index in [-0.39, 0.29) is 5.54 Å². The Hall–Kier alpha value is -0.380. The van der Waals surface area contributed by atoms with Crippen molar-refractivity contribution in [3.63, 3.8) is 0 Å². The van der Waals surface area contributed by atoms with Gasteiger partial charge in [0.15, 0.2) is 0 Å². The van der Waals surface area contributed by atoms with Crippen LogP contribution in [0.4, 0.5) is 0 Å². The maximum atomic E-state index is 3.57. The highest BCUT2D eigenvalue weighted by molar-refractivity contribution is 7.07. The average molecular weight is 226 g/mol. The van der Waals surface area contributed by atoms with Crippen molar-refractivity contribution in [3.05, 3.63) is 22.4 Å². The quantitative estimate of drug-likeness (QED) is 0.830. The van der Waals surface area contributed by atoms with E-state index in [1.165, 1.54) is 5.56 Å². The lowest BCUT2D eigenvalue weighted by atomic mass is 9.89. The van der Waals surface area contributed by atoms with Crippen molar-refractivity contribution in [3.8, 4) is 0 Å². The number of nitrogens with zero attached hydrogens (tertiary/aromatic N) is 1. The first kappa shape index (κ1) is 12.7. The van der Waals surface area contributed by atoms with Crippen LogP contribution < -0.4 is 5.32 Å². The summed E-state index contributed by atoms with van der Waals surface area (Å²) >= 11 is 1.76. The van der Waals surface area contributed by atoms with Crippen LogP contribution in [0.2, 0.25) is 0 Å². The van der Waals surface area contributed by atoms with E-state index in [1.807, 2.05) is 0 Å². The van der Waals surface area contributed by atoms with Crippen molar-refractivity contribution in [1.29, 1.82) is 0 Å².